The molecule has 1 rings (SSSR count). The molecule has 1 aliphatic rings. The fourth-order valence-electron chi connectivity index (χ4n) is 1.75. The molecule has 0 aromatic rings. The van der Waals surface area contributed by atoms with Crippen LogP contribution in [0.5, 0.6) is 0 Å². The Labute approximate surface area is 91.8 Å². The Balaban J connectivity index is 1.97. The molecule has 0 radical (unpaired) electrons. The second-order valence-electron chi connectivity index (χ2n) is 3.97. The first-order valence-corrected chi connectivity index (χ1v) is 5.88. The number of hydrogen-bond acceptors (Lipinski definition) is 3. The van der Waals surface area contributed by atoms with E-state index in [1.807, 2.05) is 6.92 Å². The summed E-state index contributed by atoms with van der Waals surface area (Å²) in [5, 5.41) is 5.93. The van der Waals surface area contributed by atoms with Gasteiger partial charge in [-0.15, -0.1) is 0 Å². The summed E-state index contributed by atoms with van der Waals surface area (Å²) in [6.07, 6.45) is 3.37. The number of carbonyl (C=O) groups excluding carboxylic acids is 1. The summed E-state index contributed by atoms with van der Waals surface area (Å²) in [5.41, 5.74) is 0. The van der Waals surface area contributed by atoms with Crippen molar-refractivity contribution < 1.29 is 9.53 Å². The normalized spacial score (nSPS) is 17.7. The van der Waals surface area contributed by atoms with E-state index in [-0.39, 0.29) is 5.91 Å². The molecule has 0 aliphatic carbocycles. The lowest BCUT2D eigenvalue weighted by molar-refractivity contribution is -0.120. The van der Waals surface area contributed by atoms with Crippen LogP contribution < -0.4 is 10.6 Å². The van der Waals surface area contributed by atoms with Gasteiger partial charge in [0, 0.05) is 19.8 Å². The van der Waals surface area contributed by atoms with Gasteiger partial charge in [-0.05, 0) is 31.7 Å². The number of ether oxygens (including phenoxy) is 1. The Kier molecular flexibility index (Phi) is 6.36. The van der Waals surface area contributed by atoms with E-state index in [0.717, 1.165) is 51.5 Å². The molecule has 0 saturated carbocycles. The lowest BCUT2D eigenvalue weighted by Crippen LogP contribution is -2.35. The van der Waals surface area contributed by atoms with Crippen LogP contribution in [0.3, 0.4) is 0 Å². The number of rotatable bonds is 6. The van der Waals surface area contributed by atoms with Crippen LogP contribution in [0.1, 0.15) is 26.2 Å². The largest absolute Gasteiger partial charge is 0.381 e. The van der Waals surface area contributed by atoms with E-state index in [2.05, 4.69) is 10.6 Å². The summed E-state index contributed by atoms with van der Waals surface area (Å²) in [6.45, 7) is 5.84. The minimum Gasteiger partial charge on any atom is -0.381 e. The van der Waals surface area contributed by atoms with E-state index < -0.39 is 0 Å². The van der Waals surface area contributed by atoms with E-state index in [0.29, 0.717) is 6.54 Å². The highest BCUT2D eigenvalue weighted by Crippen LogP contribution is 2.17. The lowest BCUT2D eigenvalue weighted by atomic mass is 9.97. The molecule has 1 amide bonds. The van der Waals surface area contributed by atoms with Gasteiger partial charge >= 0.3 is 0 Å². The fourth-order valence-corrected chi connectivity index (χ4v) is 1.75. The van der Waals surface area contributed by atoms with Crippen LogP contribution in [-0.2, 0) is 9.53 Å². The van der Waals surface area contributed by atoms with Crippen LogP contribution in [-0.4, -0.2) is 38.8 Å². The predicted octanol–water partition coefficient (Wildman–Crippen LogP) is 0.529. The number of nitrogens with one attached hydrogen (secondary N) is 2. The maximum atomic E-state index is 11.2. The standard InChI is InChI=1S/C11H22N2O2/c1-2-12-9-11(14)13-6-3-10-4-7-15-8-5-10/h10,12H,2-9H2,1H3,(H,13,14). The Morgan fingerprint density at radius 2 is 2.13 bits per heavy atom. The second-order valence-corrected chi connectivity index (χ2v) is 3.97. The van der Waals surface area contributed by atoms with Gasteiger partial charge < -0.3 is 15.4 Å². The second kappa shape index (κ2) is 7.65. The number of carbonyl (C=O) groups is 1. The number of likely N-dealkylation sites (N-methyl/N-ethyl adjacent to an activating group) is 1. The van der Waals surface area contributed by atoms with Gasteiger partial charge in [-0.3, -0.25) is 4.79 Å². The highest BCUT2D eigenvalue weighted by atomic mass is 16.5. The van der Waals surface area contributed by atoms with Crippen LogP contribution in [0.25, 0.3) is 0 Å². The smallest absolute Gasteiger partial charge is 0.233 e. The van der Waals surface area contributed by atoms with Crippen LogP contribution in [0.4, 0.5) is 0 Å². The van der Waals surface area contributed by atoms with Crippen LogP contribution in [0.2, 0.25) is 0 Å². The third-order valence-electron chi connectivity index (χ3n) is 2.75. The van der Waals surface area contributed by atoms with Crippen LogP contribution >= 0.6 is 0 Å². The molecule has 15 heavy (non-hydrogen) atoms. The Morgan fingerprint density at radius 3 is 2.80 bits per heavy atom. The minimum atomic E-state index is 0.101. The summed E-state index contributed by atoms with van der Waals surface area (Å²) in [5.74, 6) is 0.835. The predicted molar refractivity (Wildman–Crippen MR) is 59.7 cm³/mol. The first-order valence-electron chi connectivity index (χ1n) is 5.88. The Morgan fingerprint density at radius 1 is 1.40 bits per heavy atom. The van der Waals surface area contributed by atoms with Gasteiger partial charge in [0.2, 0.25) is 5.91 Å². The van der Waals surface area contributed by atoms with Crippen molar-refractivity contribution in [3.63, 3.8) is 0 Å². The van der Waals surface area contributed by atoms with Crippen molar-refractivity contribution in [2.24, 2.45) is 5.92 Å². The lowest BCUT2D eigenvalue weighted by Gasteiger charge is -2.21. The monoisotopic (exact) mass is 214 g/mol. The zero-order valence-corrected chi connectivity index (χ0v) is 9.55. The summed E-state index contributed by atoms with van der Waals surface area (Å²) >= 11 is 0. The molecule has 0 unspecified atom stereocenters. The SMILES string of the molecule is CCNCC(=O)NCCC1CCOCC1. The van der Waals surface area contributed by atoms with Crippen LogP contribution in [0, 0.1) is 5.92 Å². The zero-order valence-electron chi connectivity index (χ0n) is 9.55. The Hall–Kier alpha value is -0.610. The first-order chi connectivity index (χ1) is 7.33. The van der Waals surface area contributed by atoms with Crippen LogP contribution in [0.15, 0.2) is 0 Å². The van der Waals surface area contributed by atoms with Gasteiger partial charge in [-0.25, -0.2) is 0 Å². The zero-order chi connectivity index (χ0) is 10.9. The fraction of sp³-hybridized carbons (Fsp3) is 0.909. The third-order valence-corrected chi connectivity index (χ3v) is 2.75. The van der Waals surface area contributed by atoms with Gasteiger partial charge in [-0.2, -0.15) is 0 Å². The molecule has 1 fully saturated rings. The Bertz CT molecular complexity index is 179. The van der Waals surface area contributed by atoms with E-state index in [9.17, 15) is 4.79 Å². The first kappa shape index (κ1) is 12.5. The van der Waals surface area contributed by atoms with Crippen molar-refractivity contribution >= 4 is 5.91 Å². The minimum absolute atomic E-state index is 0.101. The topological polar surface area (TPSA) is 50.4 Å². The molecule has 0 aromatic carbocycles. The van der Waals surface area contributed by atoms with E-state index >= 15 is 0 Å². The van der Waals surface area contributed by atoms with Gasteiger partial charge in [0.15, 0.2) is 0 Å². The summed E-state index contributed by atoms with van der Waals surface area (Å²) in [4.78, 5) is 11.2. The molecule has 0 bridgehead atoms. The maximum Gasteiger partial charge on any atom is 0.233 e. The molecule has 0 atom stereocenters. The third kappa shape index (κ3) is 5.74. The van der Waals surface area contributed by atoms with Crippen molar-refractivity contribution in [1.82, 2.24) is 10.6 Å². The molecule has 4 nitrogen and oxygen atoms in total. The van der Waals surface area contributed by atoms with Crippen molar-refractivity contribution in [1.29, 1.82) is 0 Å². The van der Waals surface area contributed by atoms with Gasteiger partial charge in [0.05, 0.1) is 6.54 Å². The summed E-state index contributed by atoms with van der Waals surface area (Å²) in [7, 11) is 0. The molecule has 4 heteroatoms. The molecule has 1 heterocycles. The number of amides is 1. The van der Waals surface area contributed by atoms with Crippen molar-refractivity contribution in [3.05, 3.63) is 0 Å². The molecular weight excluding hydrogens is 192 g/mol. The van der Waals surface area contributed by atoms with Gasteiger partial charge in [0.1, 0.15) is 0 Å². The molecule has 1 aliphatic heterocycles. The maximum absolute atomic E-state index is 11.2. The number of hydrogen-bond donors (Lipinski definition) is 2. The molecule has 1 saturated heterocycles. The van der Waals surface area contributed by atoms with Gasteiger partial charge in [0.25, 0.3) is 0 Å². The van der Waals surface area contributed by atoms with Crippen molar-refractivity contribution in [2.45, 2.75) is 26.2 Å². The quantitative estimate of drug-likeness (QED) is 0.678. The van der Waals surface area contributed by atoms with Crippen molar-refractivity contribution in [3.8, 4) is 0 Å². The molecule has 2 N–H and O–H groups in total. The van der Waals surface area contributed by atoms with E-state index in [1.54, 1.807) is 0 Å². The highest BCUT2D eigenvalue weighted by molar-refractivity contribution is 5.77. The van der Waals surface area contributed by atoms with E-state index in [4.69, 9.17) is 4.74 Å². The molecule has 88 valence electrons. The molecule has 0 spiro atoms. The van der Waals surface area contributed by atoms with Gasteiger partial charge in [-0.1, -0.05) is 6.92 Å². The average molecular weight is 214 g/mol. The van der Waals surface area contributed by atoms with E-state index in [1.165, 1.54) is 0 Å². The highest BCUT2D eigenvalue weighted by Gasteiger charge is 2.13. The van der Waals surface area contributed by atoms with Crippen molar-refractivity contribution in [2.75, 3.05) is 32.8 Å². The molecule has 0 aromatic heterocycles. The molecular formula is C11H22N2O2. The summed E-state index contributed by atoms with van der Waals surface area (Å²) in [6, 6.07) is 0. The summed E-state index contributed by atoms with van der Waals surface area (Å²) < 4.78 is 5.28. The average Bonchev–Trinajstić information content (AvgIpc) is 2.28.